The molecule has 3 N–H and O–H groups in total. The van der Waals surface area contributed by atoms with Gasteiger partial charge in [-0.05, 0) is 96.7 Å². The van der Waals surface area contributed by atoms with E-state index in [2.05, 4.69) is 172 Å². The molecule has 0 saturated heterocycles. The van der Waals surface area contributed by atoms with Crippen LogP contribution in [-0.2, 0) is 13.0 Å². The number of nitrogens with one attached hydrogen (secondary N) is 1. The van der Waals surface area contributed by atoms with Crippen molar-refractivity contribution in [2.45, 2.75) is 128 Å². The first-order chi connectivity index (χ1) is 22.8. The Hall–Kier alpha value is -3.52. The summed E-state index contributed by atoms with van der Waals surface area (Å²) < 4.78 is 0. The van der Waals surface area contributed by atoms with Crippen molar-refractivity contribution in [3.63, 3.8) is 0 Å². The van der Waals surface area contributed by atoms with Gasteiger partial charge >= 0.3 is 0 Å². The molecule has 0 spiro atoms. The summed E-state index contributed by atoms with van der Waals surface area (Å²) in [5.74, 6) is 1.40. The van der Waals surface area contributed by atoms with Gasteiger partial charge in [0, 0.05) is 12.2 Å². The molecule has 0 aliphatic heterocycles. The monoisotopic (exact) mass is 655 g/mol. The van der Waals surface area contributed by atoms with Gasteiger partial charge in [-0.2, -0.15) is 0 Å². The van der Waals surface area contributed by atoms with Crippen molar-refractivity contribution in [3.8, 4) is 11.1 Å². The Morgan fingerprint density at radius 2 is 1.33 bits per heavy atom. The number of rotatable bonds is 13. The second kappa shape index (κ2) is 28.5. The summed E-state index contributed by atoms with van der Waals surface area (Å²) in [7, 11) is 0. The third-order valence-corrected chi connectivity index (χ3v) is 6.73. The number of benzene rings is 3. The average Bonchev–Trinajstić information content (AvgIpc) is 3.01. The Bertz CT molecular complexity index is 1210. The third-order valence-electron chi connectivity index (χ3n) is 6.73. The zero-order valence-electron chi connectivity index (χ0n) is 33.1. The summed E-state index contributed by atoms with van der Waals surface area (Å²) in [5, 5.41) is 3.56. The predicted octanol–water partition coefficient (Wildman–Crippen LogP) is 13.9. The van der Waals surface area contributed by atoms with Crippen LogP contribution in [-0.4, -0.2) is 0 Å². The molecule has 3 aromatic carbocycles. The van der Waals surface area contributed by atoms with Gasteiger partial charge in [0.25, 0.3) is 0 Å². The lowest BCUT2D eigenvalue weighted by atomic mass is 9.82. The van der Waals surface area contributed by atoms with E-state index in [4.69, 9.17) is 0 Å². The summed E-state index contributed by atoms with van der Waals surface area (Å²) in [6, 6.07) is 28.2. The second-order valence-electron chi connectivity index (χ2n) is 14.3. The lowest BCUT2D eigenvalue weighted by Gasteiger charge is -2.24. The number of allylic oxidation sites excluding steroid dienone is 2. The van der Waals surface area contributed by atoms with Gasteiger partial charge in [0.2, 0.25) is 0 Å². The molecule has 1 unspecified atom stereocenters. The van der Waals surface area contributed by atoms with Gasteiger partial charge in [-0.1, -0.05) is 180 Å². The van der Waals surface area contributed by atoms with Gasteiger partial charge < -0.3 is 11.1 Å². The molecule has 0 fully saturated rings. The minimum absolute atomic E-state index is 0.280. The van der Waals surface area contributed by atoms with E-state index in [1.807, 2.05) is 13.8 Å². The lowest BCUT2D eigenvalue weighted by Crippen LogP contribution is -2.16. The number of hydrogen-bond donors (Lipinski definition) is 2. The van der Waals surface area contributed by atoms with E-state index < -0.39 is 0 Å². The second-order valence-corrected chi connectivity index (χ2v) is 14.3. The van der Waals surface area contributed by atoms with E-state index in [1.165, 1.54) is 58.9 Å². The maximum absolute atomic E-state index is 4.61. The van der Waals surface area contributed by atoms with E-state index in [1.54, 1.807) is 0 Å². The molecule has 0 bridgehead atoms. The smallest absolute Gasteiger partial charge is 0.0397 e. The molecular weight excluding hydrogens is 581 g/mol. The Labute approximate surface area is 299 Å². The Kier molecular flexibility index (Phi) is 27.7. The summed E-state index contributed by atoms with van der Waals surface area (Å²) in [6.45, 7) is 36.7. The number of hydrogen-bond acceptors (Lipinski definition) is 2. The van der Waals surface area contributed by atoms with E-state index >= 15 is 0 Å². The zero-order chi connectivity index (χ0) is 37.0. The van der Waals surface area contributed by atoms with E-state index in [9.17, 15) is 0 Å². The zero-order valence-corrected chi connectivity index (χ0v) is 33.1. The van der Waals surface area contributed by atoms with Crippen LogP contribution in [0.3, 0.4) is 0 Å². The first kappa shape index (κ1) is 46.6. The van der Waals surface area contributed by atoms with Crippen LogP contribution >= 0.6 is 0 Å². The molecule has 1 atom stereocenters. The summed E-state index contributed by atoms with van der Waals surface area (Å²) in [6.07, 6.45) is 9.14. The standard InChI is InChI=1S/C35H45N.C4H10.C3H8.C2H5N.C2H6/c1-27(25-35(4,5)6)22-32(24-29(3)36-26-31-14-9-7-10-15-31)17-13-16-30-20-21-34(28(2)23-30)33-18-11-8-12-19-33;1-4(2)3;1-3-2;1-2-3;1-2/h7-12,14-15,18-21,23,32,36H,1,3,13,16-17,22,24-26H2,2,4-6H3;4H,1-3H3;3H2,1-2H3;2H,1,3H2;1-2H3. The molecule has 0 saturated carbocycles. The first-order valence-corrected chi connectivity index (χ1v) is 18.4. The van der Waals surface area contributed by atoms with Crippen molar-refractivity contribution in [3.05, 3.63) is 133 Å². The predicted molar refractivity (Wildman–Crippen MR) is 220 cm³/mol. The SMILES string of the molecule is C=C(CC(CCCc1ccc(-c2ccccc2)c(C)c1)CC(=C)NCc1ccccc1)CC(C)(C)C.C=CN.CC.CC(C)C.CCC. The highest BCUT2D eigenvalue weighted by atomic mass is 14.9. The molecule has 3 aromatic rings. The van der Waals surface area contributed by atoms with Crippen molar-refractivity contribution in [1.82, 2.24) is 5.32 Å². The van der Waals surface area contributed by atoms with Crippen molar-refractivity contribution < 1.29 is 0 Å². The average molecular weight is 655 g/mol. The molecule has 0 radical (unpaired) electrons. The van der Waals surface area contributed by atoms with Crippen molar-refractivity contribution >= 4 is 0 Å². The lowest BCUT2D eigenvalue weighted by molar-refractivity contribution is 0.381. The van der Waals surface area contributed by atoms with Crippen molar-refractivity contribution in [2.24, 2.45) is 23.0 Å². The molecule has 48 heavy (non-hydrogen) atoms. The van der Waals surface area contributed by atoms with Crippen LogP contribution in [0.1, 0.15) is 124 Å². The van der Waals surface area contributed by atoms with Gasteiger partial charge in [0.05, 0.1) is 0 Å². The minimum atomic E-state index is 0.280. The van der Waals surface area contributed by atoms with Gasteiger partial charge in [-0.3, -0.25) is 0 Å². The van der Waals surface area contributed by atoms with Crippen molar-refractivity contribution in [2.75, 3.05) is 0 Å². The summed E-state index contributed by atoms with van der Waals surface area (Å²) >= 11 is 0. The van der Waals surface area contributed by atoms with E-state index in [0.29, 0.717) is 5.92 Å². The molecule has 3 rings (SSSR count). The third kappa shape index (κ3) is 25.6. The maximum atomic E-state index is 4.61. The van der Waals surface area contributed by atoms with Crippen LogP contribution in [0.25, 0.3) is 11.1 Å². The quantitative estimate of drug-likeness (QED) is 0.180. The highest BCUT2D eigenvalue weighted by Crippen LogP contribution is 2.31. The molecule has 0 heterocycles. The van der Waals surface area contributed by atoms with Crippen LogP contribution in [0.2, 0.25) is 0 Å². The molecular formula is C46H74N2. The fraction of sp³-hybridized carbons (Fsp3) is 0.478. The molecule has 0 aromatic heterocycles. The molecule has 268 valence electrons. The van der Waals surface area contributed by atoms with Crippen molar-refractivity contribution in [1.29, 1.82) is 0 Å². The first-order valence-electron chi connectivity index (χ1n) is 18.4. The minimum Gasteiger partial charge on any atom is -0.405 e. The normalized spacial score (nSPS) is 10.7. The van der Waals surface area contributed by atoms with E-state index in [-0.39, 0.29) is 5.41 Å². The highest BCUT2D eigenvalue weighted by molar-refractivity contribution is 5.67. The molecule has 0 aliphatic rings. The van der Waals surface area contributed by atoms with Crippen LogP contribution in [0.5, 0.6) is 0 Å². The molecule has 2 heteroatoms. The Morgan fingerprint density at radius 3 is 1.81 bits per heavy atom. The van der Waals surface area contributed by atoms with Crippen LogP contribution < -0.4 is 11.1 Å². The van der Waals surface area contributed by atoms with Gasteiger partial charge in [0.15, 0.2) is 0 Å². The fourth-order valence-corrected chi connectivity index (χ4v) is 5.17. The topological polar surface area (TPSA) is 38.0 Å². The molecule has 0 amide bonds. The molecule has 2 nitrogen and oxygen atoms in total. The van der Waals surface area contributed by atoms with Gasteiger partial charge in [-0.15, -0.1) is 0 Å². The number of aryl methyl sites for hydroxylation is 2. The maximum Gasteiger partial charge on any atom is 0.0397 e. The van der Waals surface area contributed by atoms with E-state index in [0.717, 1.165) is 43.8 Å². The number of nitrogens with two attached hydrogens (primary N) is 1. The largest absolute Gasteiger partial charge is 0.405 e. The van der Waals surface area contributed by atoms with Gasteiger partial charge in [-0.25, -0.2) is 0 Å². The van der Waals surface area contributed by atoms with Crippen LogP contribution in [0, 0.1) is 24.2 Å². The van der Waals surface area contributed by atoms with Crippen LogP contribution in [0.15, 0.2) is 116 Å². The summed E-state index contributed by atoms with van der Waals surface area (Å²) in [5.41, 5.74) is 14.1. The Balaban J connectivity index is 0. The van der Waals surface area contributed by atoms with Gasteiger partial charge in [0.1, 0.15) is 0 Å². The molecule has 0 aliphatic carbocycles. The summed E-state index contributed by atoms with van der Waals surface area (Å²) in [4.78, 5) is 0. The fourth-order valence-electron chi connectivity index (χ4n) is 5.17. The van der Waals surface area contributed by atoms with Crippen LogP contribution in [0.4, 0.5) is 0 Å². The Morgan fingerprint density at radius 1 is 0.833 bits per heavy atom. The highest BCUT2D eigenvalue weighted by Gasteiger charge is 2.17.